The van der Waals surface area contributed by atoms with E-state index in [9.17, 15) is 8.42 Å². The molecular formula is C20H17N3O2S. The molecule has 1 fully saturated rings. The lowest BCUT2D eigenvalue weighted by molar-refractivity contribution is 0.449. The lowest BCUT2D eigenvalue weighted by Crippen LogP contribution is -2.39. The minimum Gasteiger partial charge on any atom is -0.315 e. The molecule has 5 nitrogen and oxygen atoms in total. The fourth-order valence-electron chi connectivity index (χ4n) is 3.51. The third-order valence-electron chi connectivity index (χ3n) is 5.06. The van der Waals surface area contributed by atoms with Crippen molar-refractivity contribution < 1.29 is 8.42 Å². The van der Waals surface area contributed by atoms with Crippen molar-refractivity contribution in [3.63, 3.8) is 0 Å². The first-order valence-electron chi connectivity index (χ1n) is 8.56. The van der Waals surface area contributed by atoms with E-state index in [4.69, 9.17) is 0 Å². The summed E-state index contributed by atoms with van der Waals surface area (Å²) in [6.45, 7) is 1.96. The third kappa shape index (κ3) is 2.26. The van der Waals surface area contributed by atoms with Crippen LogP contribution in [0.5, 0.6) is 0 Å². The van der Waals surface area contributed by atoms with Crippen LogP contribution in [0.4, 0.5) is 0 Å². The van der Waals surface area contributed by atoms with Crippen LogP contribution in [0, 0.1) is 0 Å². The van der Waals surface area contributed by atoms with E-state index in [0.717, 1.165) is 23.9 Å². The second kappa shape index (κ2) is 5.65. The lowest BCUT2D eigenvalue weighted by atomic mass is 9.93. The number of hydrogen-bond donors (Lipinski definition) is 1. The molecule has 3 heterocycles. The van der Waals surface area contributed by atoms with E-state index in [2.05, 4.69) is 16.4 Å². The van der Waals surface area contributed by atoms with Gasteiger partial charge in [0.1, 0.15) is 4.90 Å². The van der Waals surface area contributed by atoms with Crippen LogP contribution in [-0.2, 0) is 10.0 Å². The van der Waals surface area contributed by atoms with E-state index in [1.165, 1.54) is 9.54 Å². The van der Waals surface area contributed by atoms with Gasteiger partial charge in [-0.1, -0.05) is 24.3 Å². The Hall–Kier alpha value is -2.70. The largest absolute Gasteiger partial charge is 0.315 e. The Labute approximate surface area is 151 Å². The highest BCUT2D eigenvalue weighted by molar-refractivity contribution is 7.90. The zero-order chi connectivity index (χ0) is 17.7. The van der Waals surface area contributed by atoms with Gasteiger partial charge in [-0.15, -0.1) is 0 Å². The normalized spacial score (nSPS) is 15.4. The number of pyridine rings is 1. The highest BCUT2D eigenvalue weighted by atomic mass is 32.2. The Morgan fingerprint density at radius 2 is 1.85 bits per heavy atom. The van der Waals surface area contributed by atoms with Gasteiger partial charge in [-0.2, -0.15) is 0 Å². The van der Waals surface area contributed by atoms with Crippen molar-refractivity contribution in [2.75, 3.05) is 13.1 Å². The van der Waals surface area contributed by atoms with Gasteiger partial charge in [-0.25, -0.2) is 12.4 Å². The predicted molar refractivity (Wildman–Crippen MR) is 102 cm³/mol. The number of para-hydroxylation sites is 1. The Balaban J connectivity index is 1.68. The lowest BCUT2D eigenvalue weighted by Gasteiger charge is -2.27. The minimum absolute atomic E-state index is 0.223. The van der Waals surface area contributed by atoms with Gasteiger partial charge in [0.25, 0.3) is 10.0 Å². The van der Waals surface area contributed by atoms with Gasteiger partial charge in [-0.05, 0) is 35.9 Å². The standard InChI is InChI=1S/C20H17N3O2S/c24-26(25,19-5-1-3-14-4-2-9-22-20(14)19)23-10-8-16-11-15(6-7-18(16)23)17-12-21-13-17/h1-11,17,21H,12-13H2. The van der Waals surface area contributed by atoms with Gasteiger partial charge in [0.2, 0.25) is 0 Å². The summed E-state index contributed by atoms with van der Waals surface area (Å²) in [5.74, 6) is 0.515. The van der Waals surface area contributed by atoms with Gasteiger partial charge in [-0.3, -0.25) is 4.98 Å². The highest BCUT2D eigenvalue weighted by Gasteiger charge is 2.23. The molecule has 2 aromatic carbocycles. The second-order valence-electron chi connectivity index (χ2n) is 6.62. The molecule has 1 aliphatic rings. The van der Waals surface area contributed by atoms with E-state index >= 15 is 0 Å². The van der Waals surface area contributed by atoms with Crippen molar-refractivity contribution >= 4 is 31.8 Å². The van der Waals surface area contributed by atoms with Crippen molar-refractivity contribution in [3.05, 3.63) is 72.6 Å². The average molecular weight is 363 g/mol. The molecule has 1 aliphatic heterocycles. The Bertz CT molecular complexity index is 1240. The van der Waals surface area contributed by atoms with Crippen LogP contribution in [0.25, 0.3) is 21.8 Å². The van der Waals surface area contributed by atoms with E-state index in [1.807, 2.05) is 30.3 Å². The second-order valence-corrected chi connectivity index (χ2v) is 8.40. The fraction of sp³-hybridized carbons (Fsp3) is 0.150. The molecule has 130 valence electrons. The maximum absolute atomic E-state index is 13.3. The summed E-state index contributed by atoms with van der Waals surface area (Å²) < 4.78 is 28.0. The summed E-state index contributed by atoms with van der Waals surface area (Å²) in [4.78, 5) is 4.52. The maximum atomic E-state index is 13.3. The molecular weight excluding hydrogens is 346 g/mol. The Morgan fingerprint density at radius 1 is 1.00 bits per heavy atom. The van der Waals surface area contributed by atoms with Crippen LogP contribution in [-0.4, -0.2) is 30.5 Å². The molecule has 0 bridgehead atoms. The van der Waals surface area contributed by atoms with E-state index in [0.29, 0.717) is 17.0 Å². The smallest absolute Gasteiger partial charge is 0.270 e. The SMILES string of the molecule is O=S(=O)(c1cccc2cccnc12)n1ccc2cc(C3CNC3)ccc21. The van der Waals surface area contributed by atoms with Gasteiger partial charge in [0.15, 0.2) is 0 Å². The average Bonchev–Trinajstić information content (AvgIpc) is 3.04. The molecule has 0 radical (unpaired) electrons. The van der Waals surface area contributed by atoms with Crippen LogP contribution < -0.4 is 5.32 Å². The molecule has 0 amide bonds. The summed E-state index contributed by atoms with van der Waals surface area (Å²) >= 11 is 0. The van der Waals surface area contributed by atoms with Crippen molar-refractivity contribution in [2.24, 2.45) is 0 Å². The van der Waals surface area contributed by atoms with Gasteiger partial charge in [0, 0.05) is 42.2 Å². The summed E-state index contributed by atoms with van der Waals surface area (Å²) in [6, 6.07) is 16.8. The number of hydrogen-bond acceptors (Lipinski definition) is 4. The molecule has 0 atom stereocenters. The summed E-state index contributed by atoms with van der Waals surface area (Å²) in [7, 11) is -3.73. The topological polar surface area (TPSA) is 64.0 Å². The molecule has 26 heavy (non-hydrogen) atoms. The molecule has 0 aliphatic carbocycles. The molecule has 2 aromatic heterocycles. The first-order chi connectivity index (χ1) is 12.6. The number of rotatable bonds is 3. The molecule has 1 saturated heterocycles. The number of aromatic nitrogens is 2. The van der Waals surface area contributed by atoms with Crippen molar-refractivity contribution in [1.82, 2.24) is 14.3 Å². The number of benzene rings is 2. The molecule has 0 saturated carbocycles. The Kier molecular flexibility index (Phi) is 3.38. The van der Waals surface area contributed by atoms with Crippen LogP contribution in [0.3, 0.4) is 0 Å². The first-order valence-corrected chi connectivity index (χ1v) is 10.00. The molecule has 6 heteroatoms. The maximum Gasteiger partial charge on any atom is 0.270 e. The van der Waals surface area contributed by atoms with E-state index in [-0.39, 0.29) is 4.90 Å². The monoisotopic (exact) mass is 363 g/mol. The zero-order valence-electron chi connectivity index (χ0n) is 14.0. The summed E-state index contributed by atoms with van der Waals surface area (Å²) in [5, 5.41) is 5.01. The first kappa shape index (κ1) is 15.5. The fourth-order valence-corrected chi connectivity index (χ4v) is 5.04. The number of fused-ring (bicyclic) bond motifs is 2. The number of nitrogens with one attached hydrogen (secondary N) is 1. The van der Waals surface area contributed by atoms with Crippen molar-refractivity contribution in [1.29, 1.82) is 0 Å². The zero-order valence-corrected chi connectivity index (χ0v) is 14.8. The van der Waals surface area contributed by atoms with Crippen LogP contribution in [0.2, 0.25) is 0 Å². The van der Waals surface area contributed by atoms with Crippen LogP contribution >= 0.6 is 0 Å². The third-order valence-corrected chi connectivity index (χ3v) is 6.79. The van der Waals surface area contributed by atoms with Gasteiger partial charge in [0.05, 0.1) is 11.0 Å². The van der Waals surface area contributed by atoms with E-state index < -0.39 is 10.0 Å². The minimum atomic E-state index is -3.73. The highest BCUT2D eigenvalue weighted by Crippen LogP contribution is 2.29. The van der Waals surface area contributed by atoms with Crippen molar-refractivity contribution in [3.8, 4) is 0 Å². The molecule has 0 spiro atoms. The summed E-state index contributed by atoms with van der Waals surface area (Å²) in [5.41, 5.74) is 2.43. The molecule has 0 unspecified atom stereocenters. The number of nitrogens with zero attached hydrogens (tertiary/aromatic N) is 2. The molecule has 5 rings (SSSR count). The molecule has 1 N–H and O–H groups in total. The predicted octanol–water partition coefficient (Wildman–Crippen LogP) is 3.11. The summed E-state index contributed by atoms with van der Waals surface area (Å²) in [6.07, 6.45) is 3.25. The van der Waals surface area contributed by atoms with Gasteiger partial charge >= 0.3 is 0 Å². The molecule has 4 aromatic rings. The van der Waals surface area contributed by atoms with Crippen LogP contribution in [0.15, 0.2) is 71.9 Å². The Morgan fingerprint density at radius 3 is 2.65 bits per heavy atom. The van der Waals surface area contributed by atoms with Crippen molar-refractivity contribution in [2.45, 2.75) is 10.8 Å². The van der Waals surface area contributed by atoms with Crippen LogP contribution in [0.1, 0.15) is 11.5 Å². The van der Waals surface area contributed by atoms with E-state index in [1.54, 1.807) is 30.6 Å². The quantitative estimate of drug-likeness (QED) is 0.607. The van der Waals surface area contributed by atoms with Gasteiger partial charge < -0.3 is 5.32 Å².